The minimum Gasteiger partial charge on any atom is -0.436 e. The standard InChI is InChI=1S/C16H19BrNO2P/c1-13-4-10-16(11-5-13)21(19,12-18(2)3)20-15-8-6-14(17)7-9-15/h4-11H,12H2,1-3H3/p+1. The zero-order valence-corrected chi connectivity index (χ0v) is 14.9. The Hall–Kier alpha value is -1.09. The maximum atomic E-state index is 13.3. The Balaban J connectivity index is 2.34. The fourth-order valence-corrected chi connectivity index (χ4v) is 4.55. The molecule has 112 valence electrons. The molecule has 0 fully saturated rings. The second kappa shape index (κ2) is 6.78. The minimum atomic E-state index is -2.94. The molecule has 0 aliphatic heterocycles. The van der Waals surface area contributed by atoms with Gasteiger partial charge in [-0.05, 0) is 43.3 Å². The van der Waals surface area contributed by atoms with Gasteiger partial charge in [-0.3, -0.25) is 4.57 Å². The van der Waals surface area contributed by atoms with E-state index in [-0.39, 0.29) is 0 Å². The van der Waals surface area contributed by atoms with Gasteiger partial charge in [0.15, 0.2) is 6.29 Å². The van der Waals surface area contributed by atoms with Crippen LogP contribution in [0.15, 0.2) is 53.0 Å². The number of halogens is 1. The van der Waals surface area contributed by atoms with Crippen molar-refractivity contribution in [2.75, 3.05) is 20.4 Å². The largest absolute Gasteiger partial charge is 0.436 e. The van der Waals surface area contributed by atoms with E-state index < -0.39 is 7.37 Å². The van der Waals surface area contributed by atoms with E-state index in [1.165, 1.54) is 0 Å². The maximum Gasteiger partial charge on any atom is 0.329 e. The summed E-state index contributed by atoms with van der Waals surface area (Å²) >= 11 is 3.39. The van der Waals surface area contributed by atoms with Crippen LogP contribution in [0.3, 0.4) is 0 Å². The number of hydrogen-bond donors (Lipinski definition) is 1. The summed E-state index contributed by atoms with van der Waals surface area (Å²) in [7, 11) is 1.02. The molecule has 21 heavy (non-hydrogen) atoms. The summed E-state index contributed by atoms with van der Waals surface area (Å²) in [6.07, 6.45) is 0.451. The van der Waals surface area contributed by atoms with Crippen LogP contribution in [-0.4, -0.2) is 20.4 Å². The predicted molar refractivity (Wildman–Crippen MR) is 90.9 cm³/mol. The molecule has 0 saturated heterocycles. The lowest BCUT2D eigenvalue weighted by Gasteiger charge is -2.21. The molecule has 5 heteroatoms. The van der Waals surface area contributed by atoms with Gasteiger partial charge in [0, 0.05) is 4.47 Å². The Morgan fingerprint density at radius 1 is 1.05 bits per heavy atom. The molecule has 2 aromatic carbocycles. The Bertz CT molecular complexity index is 638. The first-order chi connectivity index (χ1) is 9.89. The van der Waals surface area contributed by atoms with Gasteiger partial charge in [0.2, 0.25) is 0 Å². The molecule has 0 heterocycles. The highest BCUT2D eigenvalue weighted by Crippen LogP contribution is 2.44. The van der Waals surface area contributed by atoms with Gasteiger partial charge in [-0.15, -0.1) is 0 Å². The van der Waals surface area contributed by atoms with Crippen LogP contribution in [0.2, 0.25) is 0 Å². The van der Waals surface area contributed by atoms with Crippen LogP contribution in [0.4, 0.5) is 0 Å². The van der Waals surface area contributed by atoms with Gasteiger partial charge < -0.3 is 9.42 Å². The van der Waals surface area contributed by atoms with Crippen molar-refractivity contribution in [2.24, 2.45) is 0 Å². The molecule has 0 spiro atoms. The van der Waals surface area contributed by atoms with Crippen molar-refractivity contribution >= 4 is 28.6 Å². The average molecular weight is 369 g/mol. The van der Waals surface area contributed by atoms with E-state index in [1.54, 1.807) is 0 Å². The highest BCUT2D eigenvalue weighted by atomic mass is 79.9. The molecular formula is C16H20BrNO2P+. The summed E-state index contributed by atoms with van der Waals surface area (Å²) in [5.74, 6) is 0.628. The SMILES string of the molecule is Cc1ccc(P(=O)(C[NH+](C)C)Oc2ccc(Br)cc2)cc1. The van der Waals surface area contributed by atoms with E-state index in [2.05, 4.69) is 15.9 Å². The number of aryl methyl sites for hydroxylation is 1. The van der Waals surface area contributed by atoms with Crippen molar-refractivity contribution in [2.45, 2.75) is 6.92 Å². The lowest BCUT2D eigenvalue weighted by atomic mass is 10.2. The molecule has 0 aliphatic carbocycles. The molecule has 3 nitrogen and oxygen atoms in total. The molecule has 0 aliphatic rings. The van der Waals surface area contributed by atoms with E-state index in [1.807, 2.05) is 69.6 Å². The van der Waals surface area contributed by atoms with Gasteiger partial charge in [-0.2, -0.15) is 0 Å². The molecule has 0 amide bonds. The first kappa shape index (κ1) is 16.3. The van der Waals surface area contributed by atoms with Crippen LogP contribution >= 0.6 is 23.3 Å². The Morgan fingerprint density at radius 2 is 1.62 bits per heavy atom. The summed E-state index contributed by atoms with van der Waals surface area (Å²) in [4.78, 5) is 1.09. The van der Waals surface area contributed by atoms with Crippen molar-refractivity contribution in [1.82, 2.24) is 0 Å². The highest BCUT2D eigenvalue weighted by molar-refractivity contribution is 9.10. The third-order valence-electron chi connectivity index (χ3n) is 3.02. The number of hydrogen-bond acceptors (Lipinski definition) is 2. The number of rotatable bonds is 5. The van der Waals surface area contributed by atoms with Crippen molar-refractivity contribution in [3.05, 3.63) is 58.6 Å². The second-order valence-electron chi connectivity index (χ2n) is 5.42. The number of nitrogens with one attached hydrogen (secondary N) is 1. The molecule has 1 unspecified atom stereocenters. The van der Waals surface area contributed by atoms with Gasteiger partial charge in [0.1, 0.15) is 5.75 Å². The van der Waals surface area contributed by atoms with Crippen molar-refractivity contribution in [3.63, 3.8) is 0 Å². The van der Waals surface area contributed by atoms with Gasteiger partial charge in [-0.1, -0.05) is 33.6 Å². The van der Waals surface area contributed by atoms with Crippen LogP contribution in [0.5, 0.6) is 5.75 Å². The molecule has 0 saturated carbocycles. The molecule has 1 atom stereocenters. The van der Waals surface area contributed by atoms with Crippen LogP contribution in [0, 0.1) is 6.92 Å². The maximum absolute atomic E-state index is 13.3. The van der Waals surface area contributed by atoms with E-state index >= 15 is 0 Å². The molecule has 1 N–H and O–H groups in total. The zero-order chi connectivity index (χ0) is 15.5. The quantitative estimate of drug-likeness (QED) is 0.822. The van der Waals surface area contributed by atoms with E-state index in [4.69, 9.17) is 4.52 Å². The first-order valence-electron chi connectivity index (χ1n) is 6.79. The fraction of sp³-hybridized carbons (Fsp3) is 0.250. The molecule has 0 radical (unpaired) electrons. The van der Waals surface area contributed by atoms with Gasteiger partial charge in [0.05, 0.1) is 19.4 Å². The van der Waals surface area contributed by atoms with Crippen molar-refractivity contribution < 1.29 is 14.0 Å². The van der Waals surface area contributed by atoms with Crippen molar-refractivity contribution in [3.8, 4) is 5.75 Å². The number of benzene rings is 2. The van der Waals surface area contributed by atoms with Crippen LogP contribution < -0.4 is 14.7 Å². The lowest BCUT2D eigenvalue weighted by molar-refractivity contribution is -0.845. The Morgan fingerprint density at radius 3 is 2.14 bits per heavy atom. The van der Waals surface area contributed by atoms with Crippen LogP contribution in [-0.2, 0) is 4.57 Å². The molecule has 0 bridgehead atoms. The van der Waals surface area contributed by atoms with E-state index in [9.17, 15) is 4.57 Å². The average Bonchev–Trinajstić information content (AvgIpc) is 2.41. The zero-order valence-electron chi connectivity index (χ0n) is 12.5. The molecular weight excluding hydrogens is 349 g/mol. The smallest absolute Gasteiger partial charge is 0.329 e. The fourth-order valence-electron chi connectivity index (χ4n) is 2.03. The Labute approximate surface area is 134 Å². The van der Waals surface area contributed by atoms with Gasteiger partial charge >= 0.3 is 7.37 Å². The van der Waals surface area contributed by atoms with Crippen LogP contribution in [0.25, 0.3) is 0 Å². The summed E-state index contributed by atoms with van der Waals surface area (Å²) in [6.45, 7) is 2.02. The molecule has 2 aromatic rings. The van der Waals surface area contributed by atoms with Crippen LogP contribution in [0.1, 0.15) is 5.56 Å². The van der Waals surface area contributed by atoms with Crippen molar-refractivity contribution in [1.29, 1.82) is 0 Å². The summed E-state index contributed by atoms with van der Waals surface area (Å²) in [5, 5.41) is 0.761. The van der Waals surface area contributed by atoms with Gasteiger partial charge in [-0.25, -0.2) is 0 Å². The van der Waals surface area contributed by atoms with E-state index in [0.717, 1.165) is 20.2 Å². The van der Waals surface area contributed by atoms with Gasteiger partial charge in [0.25, 0.3) is 0 Å². The third-order valence-corrected chi connectivity index (χ3v) is 6.19. The molecule has 0 aromatic heterocycles. The summed E-state index contributed by atoms with van der Waals surface area (Å²) in [5.41, 5.74) is 1.14. The predicted octanol–water partition coefficient (Wildman–Crippen LogP) is 2.84. The first-order valence-corrected chi connectivity index (χ1v) is 9.40. The minimum absolute atomic E-state index is 0.451. The van der Waals surface area contributed by atoms with E-state index in [0.29, 0.717) is 12.0 Å². The Kier molecular flexibility index (Phi) is 5.26. The lowest BCUT2D eigenvalue weighted by Crippen LogP contribution is -3.05. The third kappa shape index (κ3) is 4.44. The highest BCUT2D eigenvalue weighted by Gasteiger charge is 2.31. The number of quaternary nitrogens is 1. The summed E-state index contributed by atoms with van der Waals surface area (Å²) in [6, 6.07) is 15.2. The monoisotopic (exact) mass is 368 g/mol. The molecule has 2 rings (SSSR count). The summed E-state index contributed by atoms with van der Waals surface area (Å²) < 4.78 is 20.2. The second-order valence-corrected chi connectivity index (χ2v) is 8.70. The normalized spacial score (nSPS) is 14.0. The topological polar surface area (TPSA) is 30.7 Å².